The summed E-state index contributed by atoms with van der Waals surface area (Å²) < 4.78 is 0. The van der Waals surface area contributed by atoms with E-state index in [1.54, 1.807) is 12.1 Å². The Bertz CT molecular complexity index is 233. The van der Waals surface area contributed by atoms with E-state index in [1.165, 1.54) is 0 Å². The number of benzene rings is 1. The van der Waals surface area contributed by atoms with Crippen molar-refractivity contribution in [2.24, 2.45) is 11.5 Å². The first-order valence-electron chi connectivity index (χ1n) is 3.98. The number of rotatable bonds is 3. The normalized spacial score (nSPS) is 12.8. The minimum atomic E-state index is -0.0180. The Morgan fingerprint density at radius 3 is 2.33 bits per heavy atom. The number of hydrogen-bond acceptors (Lipinski definition) is 3. The second kappa shape index (κ2) is 4.09. The maximum absolute atomic E-state index is 9.00. The highest BCUT2D eigenvalue weighted by atomic mass is 16.3. The van der Waals surface area contributed by atoms with Gasteiger partial charge >= 0.3 is 0 Å². The average molecular weight is 166 g/mol. The quantitative estimate of drug-likeness (QED) is 0.620. The van der Waals surface area contributed by atoms with Gasteiger partial charge in [0.25, 0.3) is 0 Å². The molecule has 0 saturated carbocycles. The third-order valence-electron chi connectivity index (χ3n) is 1.80. The van der Waals surface area contributed by atoms with Crippen molar-refractivity contribution in [1.82, 2.24) is 0 Å². The van der Waals surface area contributed by atoms with Gasteiger partial charge in [0.1, 0.15) is 5.75 Å². The van der Waals surface area contributed by atoms with Gasteiger partial charge in [-0.15, -0.1) is 0 Å². The summed E-state index contributed by atoms with van der Waals surface area (Å²) in [6.45, 7) is 0.585. The lowest BCUT2D eigenvalue weighted by molar-refractivity contribution is 0.474. The molecular formula is C9H14N2O. The maximum atomic E-state index is 9.00. The molecule has 0 bridgehead atoms. The summed E-state index contributed by atoms with van der Waals surface area (Å²) in [5, 5.41) is 9.00. The predicted molar refractivity (Wildman–Crippen MR) is 48.7 cm³/mol. The Morgan fingerprint density at radius 1 is 1.25 bits per heavy atom. The van der Waals surface area contributed by atoms with Crippen molar-refractivity contribution in [3.63, 3.8) is 0 Å². The predicted octanol–water partition coefficient (Wildman–Crippen LogP) is 0.741. The van der Waals surface area contributed by atoms with Crippen LogP contribution in [0.3, 0.4) is 0 Å². The first-order chi connectivity index (χ1) is 5.74. The third kappa shape index (κ3) is 2.22. The Labute approximate surface area is 72.0 Å². The van der Waals surface area contributed by atoms with Gasteiger partial charge in [-0.05, 0) is 30.7 Å². The van der Waals surface area contributed by atoms with Gasteiger partial charge in [0.05, 0.1) is 0 Å². The highest BCUT2D eigenvalue weighted by Crippen LogP contribution is 2.16. The van der Waals surface area contributed by atoms with Crippen molar-refractivity contribution in [3.8, 4) is 5.75 Å². The molecule has 0 unspecified atom stereocenters. The summed E-state index contributed by atoms with van der Waals surface area (Å²) in [5.74, 6) is 0.263. The first kappa shape index (κ1) is 9.03. The van der Waals surface area contributed by atoms with Crippen LogP contribution in [-0.4, -0.2) is 11.7 Å². The zero-order chi connectivity index (χ0) is 8.97. The van der Waals surface area contributed by atoms with Gasteiger partial charge in [-0.1, -0.05) is 12.1 Å². The number of phenols is 1. The molecule has 1 atom stereocenters. The molecular weight excluding hydrogens is 152 g/mol. The van der Waals surface area contributed by atoms with E-state index in [0.29, 0.717) is 6.54 Å². The molecule has 1 aromatic carbocycles. The summed E-state index contributed by atoms with van der Waals surface area (Å²) in [6, 6.07) is 6.87. The van der Waals surface area contributed by atoms with Crippen LogP contribution in [-0.2, 0) is 0 Å². The Kier molecular flexibility index (Phi) is 3.08. The lowest BCUT2D eigenvalue weighted by atomic mass is 10.1. The molecule has 0 saturated heterocycles. The molecule has 0 radical (unpaired) electrons. The molecule has 0 aromatic heterocycles. The highest BCUT2D eigenvalue weighted by molar-refractivity contribution is 5.27. The summed E-state index contributed by atoms with van der Waals surface area (Å²) in [6.07, 6.45) is 0.769. The van der Waals surface area contributed by atoms with Crippen LogP contribution < -0.4 is 11.5 Å². The second-order valence-electron chi connectivity index (χ2n) is 2.78. The summed E-state index contributed by atoms with van der Waals surface area (Å²) in [7, 11) is 0. The number of aromatic hydroxyl groups is 1. The smallest absolute Gasteiger partial charge is 0.115 e. The van der Waals surface area contributed by atoms with E-state index in [1.807, 2.05) is 12.1 Å². The fourth-order valence-electron chi connectivity index (χ4n) is 1.07. The Balaban J connectivity index is 2.68. The van der Waals surface area contributed by atoms with Crippen LogP contribution in [0, 0.1) is 0 Å². The maximum Gasteiger partial charge on any atom is 0.115 e. The molecule has 0 aliphatic heterocycles. The molecule has 0 fully saturated rings. The van der Waals surface area contributed by atoms with Crippen molar-refractivity contribution < 1.29 is 5.11 Å². The molecule has 12 heavy (non-hydrogen) atoms. The Hall–Kier alpha value is -1.06. The summed E-state index contributed by atoms with van der Waals surface area (Å²) in [4.78, 5) is 0. The minimum Gasteiger partial charge on any atom is -0.508 e. The van der Waals surface area contributed by atoms with E-state index < -0.39 is 0 Å². The lowest BCUT2D eigenvalue weighted by Crippen LogP contribution is -2.14. The molecule has 1 aromatic rings. The summed E-state index contributed by atoms with van der Waals surface area (Å²) >= 11 is 0. The van der Waals surface area contributed by atoms with Crippen molar-refractivity contribution >= 4 is 0 Å². The molecule has 0 aliphatic carbocycles. The molecule has 0 amide bonds. The number of phenolic OH excluding ortho intramolecular Hbond substituents is 1. The minimum absolute atomic E-state index is 0.0180. The summed E-state index contributed by atoms with van der Waals surface area (Å²) in [5.41, 5.74) is 12.2. The second-order valence-corrected chi connectivity index (χ2v) is 2.78. The lowest BCUT2D eigenvalue weighted by Gasteiger charge is -2.09. The van der Waals surface area contributed by atoms with Gasteiger partial charge in [-0.3, -0.25) is 0 Å². The van der Waals surface area contributed by atoms with Gasteiger partial charge in [0.15, 0.2) is 0 Å². The third-order valence-corrected chi connectivity index (χ3v) is 1.80. The average Bonchev–Trinajstić information content (AvgIpc) is 2.06. The van der Waals surface area contributed by atoms with Gasteiger partial charge < -0.3 is 16.6 Å². The van der Waals surface area contributed by atoms with Gasteiger partial charge in [0.2, 0.25) is 0 Å². The SMILES string of the molecule is NCC[C@H](N)c1ccc(O)cc1. The zero-order valence-electron chi connectivity index (χ0n) is 6.90. The van der Waals surface area contributed by atoms with Crippen molar-refractivity contribution in [1.29, 1.82) is 0 Å². The van der Waals surface area contributed by atoms with Crippen LogP contribution >= 0.6 is 0 Å². The van der Waals surface area contributed by atoms with Crippen LogP contribution in [0.25, 0.3) is 0 Å². The fraction of sp³-hybridized carbons (Fsp3) is 0.333. The largest absolute Gasteiger partial charge is 0.508 e. The highest BCUT2D eigenvalue weighted by Gasteiger charge is 2.03. The zero-order valence-corrected chi connectivity index (χ0v) is 6.90. The van der Waals surface area contributed by atoms with Crippen LogP contribution in [0.1, 0.15) is 18.0 Å². The van der Waals surface area contributed by atoms with E-state index in [-0.39, 0.29) is 11.8 Å². The molecule has 0 heterocycles. The Morgan fingerprint density at radius 2 is 1.83 bits per heavy atom. The van der Waals surface area contributed by atoms with Crippen LogP contribution in [0.2, 0.25) is 0 Å². The van der Waals surface area contributed by atoms with E-state index in [4.69, 9.17) is 16.6 Å². The van der Waals surface area contributed by atoms with Crippen molar-refractivity contribution in [3.05, 3.63) is 29.8 Å². The van der Waals surface area contributed by atoms with Crippen molar-refractivity contribution in [2.45, 2.75) is 12.5 Å². The molecule has 66 valence electrons. The molecule has 1 rings (SSSR count). The first-order valence-corrected chi connectivity index (χ1v) is 3.98. The number of hydrogen-bond donors (Lipinski definition) is 3. The van der Waals surface area contributed by atoms with Crippen LogP contribution in [0.5, 0.6) is 5.75 Å². The van der Waals surface area contributed by atoms with E-state index in [0.717, 1.165) is 12.0 Å². The van der Waals surface area contributed by atoms with Crippen molar-refractivity contribution in [2.75, 3.05) is 6.54 Å². The standard InChI is InChI=1S/C9H14N2O/c10-6-5-9(11)7-1-3-8(12)4-2-7/h1-4,9,12H,5-6,10-11H2/t9-/m0/s1. The van der Waals surface area contributed by atoms with Crippen LogP contribution in [0.4, 0.5) is 0 Å². The molecule has 3 heteroatoms. The van der Waals surface area contributed by atoms with Gasteiger partial charge in [-0.25, -0.2) is 0 Å². The van der Waals surface area contributed by atoms with Gasteiger partial charge in [-0.2, -0.15) is 0 Å². The van der Waals surface area contributed by atoms with E-state index in [2.05, 4.69) is 0 Å². The number of nitrogens with two attached hydrogens (primary N) is 2. The molecule has 0 spiro atoms. The fourth-order valence-corrected chi connectivity index (χ4v) is 1.07. The van der Waals surface area contributed by atoms with Crippen LogP contribution in [0.15, 0.2) is 24.3 Å². The molecule has 0 aliphatic rings. The van der Waals surface area contributed by atoms with Gasteiger partial charge in [0, 0.05) is 6.04 Å². The monoisotopic (exact) mass is 166 g/mol. The van der Waals surface area contributed by atoms with E-state index >= 15 is 0 Å². The topological polar surface area (TPSA) is 72.3 Å². The van der Waals surface area contributed by atoms with E-state index in [9.17, 15) is 0 Å². The molecule has 3 nitrogen and oxygen atoms in total. The molecule has 5 N–H and O–H groups in total.